The zero-order chi connectivity index (χ0) is 19.3. The SMILES string of the molecule is CCNC(=NCCCCOc1ccccc1)N1CCCC(C(=O)OCC)C1.I. The molecule has 158 valence electrons. The van der Waals surface area contributed by atoms with Crippen molar-refractivity contribution in [1.29, 1.82) is 0 Å². The first-order valence-corrected chi connectivity index (χ1v) is 10.1. The van der Waals surface area contributed by atoms with E-state index in [-0.39, 0.29) is 35.9 Å². The van der Waals surface area contributed by atoms with Gasteiger partial charge in [-0.05, 0) is 51.7 Å². The molecule has 1 unspecified atom stereocenters. The van der Waals surface area contributed by atoms with Gasteiger partial charge in [0.25, 0.3) is 0 Å². The molecule has 1 N–H and O–H groups in total. The quantitative estimate of drug-likeness (QED) is 0.183. The third-order valence-corrected chi connectivity index (χ3v) is 4.50. The van der Waals surface area contributed by atoms with Crippen LogP contribution in [0, 0.1) is 5.92 Å². The van der Waals surface area contributed by atoms with Crippen LogP contribution in [-0.4, -0.2) is 56.2 Å². The summed E-state index contributed by atoms with van der Waals surface area (Å²) in [6.45, 7) is 8.24. The van der Waals surface area contributed by atoms with Crippen LogP contribution in [0.25, 0.3) is 0 Å². The summed E-state index contributed by atoms with van der Waals surface area (Å²) < 4.78 is 10.9. The van der Waals surface area contributed by atoms with Gasteiger partial charge in [0, 0.05) is 26.2 Å². The van der Waals surface area contributed by atoms with E-state index in [1.165, 1.54) is 0 Å². The molecule has 1 atom stereocenters. The number of unbranched alkanes of at least 4 members (excludes halogenated alkanes) is 1. The van der Waals surface area contributed by atoms with Gasteiger partial charge in [0.15, 0.2) is 5.96 Å². The minimum Gasteiger partial charge on any atom is -0.494 e. The lowest BCUT2D eigenvalue weighted by Gasteiger charge is -2.34. The Morgan fingerprint density at radius 2 is 2.04 bits per heavy atom. The highest BCUT2D eigenvalue weighted by Gasteiger charge is 2.28. The molecule has 2 rings (SSSR count). The lowest BCUT2D eigenvalue weighted by Crippen LogP contribution is -2.48. The number of hydrogen-bond acceptors (Lipinski definition) is 4. The van der Waals surface area contributed by atoms with Crippen LogP contribution in [0.4, 0.5) is 0 Å². The molecule has 1 aromatic rings. The number of carbonyl (C=O) groups is 1. The molecule has 1 fully saturated rings. The second-order valence-corrected chi connectivity index (χ2v) is 6.64. The van der Waals surface area contributed by atoms with E-state index in [2.05, 4.69) is 17.1 Å². The second-order valence-electron chi connectivity index (χ2n) is 6.64. The standard InChI is InChI=1S/C21H33N3O3.HI/c1-3-22-21(24-15-10-11-18(17-24)20(25)26-4-2)23-14-8-9-16-27-19-12-6-5-7-13-19;/h5-7,12-13,18H,3-4,8-11,14-17H2,1-2H3,(H,22,23);1H. The number of aliphatic imine (C=N–C) groups is 1. The first-order valence-electron chi connectivity index (χ1n) is 10.1. The Balaban J connectivity index is 0.00000392. The van der Waals surface area contributed by atoms with Gasteiger partial charge in [-0.25, -0.2) is 0 Å². The molecule has 0 aromatic heterocycles. The van der Waals surface area contributed by atoms with Gasteiger partial charge in [0.05, 0.1) is 19.1 Å². The van der Waals surface area contributed by atoms with Crippen molar-refractivity contribution in [3.8, 4) is 5.75 Å². The van der Waals surface area contributed by atoms with Crippen molar-refractivity contribution in [3.63, 3.8) is 0 Å². The third kappa shape index (κ3) is 8.67. The number of ether oxygens (including phenoxy) is 2. The molecule has 1 aromatic carbocycles. The Labute approximate surface area is 186 Å². The van der Waals surface area contributed by atoms with Crippen molar-refractivity contribution in [1.82, 2.24) is 10.2 Å². The number of para-hydroxylation sites is 1. The molecule has 1 aliphatic heterocycles. The minimum atomic E-state index is -0.0869. The molecule has 1 aliphatic rings. The fourth-order valence-electron chi connectivity index (χ4n) is 3.15. The van der Waals surface area contributed by atoms with Crippen molar-refractivity contribution in [3.05, 3.63) is 30.3 Å². The number of nitrogens with zero attached hydrogens (tertiary/aromatic N) is 2. The zero-order valence-electron chi connectivity index (χ0n) is 17.1. The Bertz CT molecular complexity index is 584. The summed E-state index contributed by atoms with van der Waals surface area (Å²) in [6.07, 6.45) is 3.81. The second kappa shape index (κ2) is 14.5. The number of esters is 1. The molecule has 0 spiro atoms. The number of piperidine rings is 1. The monoisotopic (exact) mass is 503 g/mol. The van der Waals surface area contributed by atoms with Crippen LogP contribution >= 0.6 is 24.0 Å². The normalized spacial score (nSPS) is 16.9. The summed E-state index contributed by atoms with van der Waals surface area (Å²) in [5, 5.41) is 3.35. The molecule has 1 heterocycles. The summed E-state index contributed by atoms with van der Waals surface area (Å²) in [7, 11) is 0. The van der Waals surface area contributed by atoms with Gasteiger partial charge in [-0.3, -0.25) is 9.79 Å². The predicted molar refractivity (Wildman–Crippen MR) is 123 cm³/mol. The van der Waals surface area contributed by atoms with Gasteiger partial charge >= 0.3 is 5.97 Å². The van der Waals surface area contributed by atoms with Crippen LogP contribution in [0.15, 0.2) is 35.3 Å². The predicted octanol–water partition coefficient (Wildman–Crippen LogP) is 3.70. The van der Waals surface area contributed by atoms with Crippen LogP contribution in [-0.2, 0) is 9.53 Å². The molecule has 0 saturated carbocycles. The molecule has 28 heavy (non-hydrogen) atoms. The summed E-state index contributed by atoms with van der Waals surface area (Å²) in [6, 6.07) is 9.88. The van der Waals surface area contributed by atoms with Crippen LogP contribution in [0.5, 0.6) is 5.75 Å². The van der Waals surface area contributed by atoms with Gasteiger partial charge in [-0.2, -0.15) is 0 Å². The number of carbonyl (C=O) groups excluding carboxylic acids is 1. The number of halogens is 1. The fourth-order valence-corrected chi connectivity index (χ4v) is 3.15. The van der Waals surface area contributed by atoms with E-state index in [0.29, 0.717) is 19.8 Å². The van der Waals surface area contributed by atoms with Crippen molar-refractivity contribution >= 4 is 35.9 Å². The van der Waals surface area contributed by atoms with E-state index in [1.54, 1.807) is 0 Å². The number of nitrogens with one attached hydrogen (secondary N) is 1. The highest BCUT2D eigenvalue weighted by atomic mass is 127. The summed E-state index contributed by atoms with van der Waals surface area (Å²) in [4.78, 5) is 19.0. The lowest BCUT2D eigenvalue weighted by molar-refractivity contribution is -0.149. The maximum atomic E-state index is 12.1. The topological polar surface area (TPSA) is 63.2 Å². The van der Waals surface area contributed by atoms with Gasteiger partial charge in [0.2, 0.25) is 0 Å². The Kier molecular flexibility index (Phi) is 12.7. The van der Waals surface area contributed by atoms with Crippen LogP contribution in [0.2, 0.25) is 0 Å². The molecule has 6 nitrogen and oxygen atoms in total. The van der Waals surface area contributed by atoms with Crippen LogP contribution < -0.4 is 10.1 Å². The number of hydrogen-bond donors (Lipinski definition) is 1. The molecule has 1 saturated heterocycles. The third-order valence-electron chi connectivity index (χ3n) is 4.50. The molecule has 0 radical (unpaired) electrons. The molecule has 7 heteroatoms. The summed E-state index contributed by atoms with van der Waals surface area (Å²) in [5.41, 5.74) is 0. The maximum Gasteiger partial charge on any atom is 0.310 e. The van der Waals surface area contributed by atoms with Crippen molar-refractivity contribution in [2.45, 2.75) is 39.5 Å². The lowest BCUT2D eigenvalue weighted by atomic mass is 9.98. The smallest absolute Gasteiger partial charge is 0.310 e. The first kappa shape index (κ1) is 24.5. The average Bonchev–Trinajstić information content (AvgIpc) is 2.71. The summed E-state index contributed by atoms with van der Waals surface area (Å²) in [5.74, 6) is 1.67. The van der Waals surface area contributed by atoms with Gasteiger partial charge in [0.1, 0.15) is 5.75 Å². The van der Waals surface area contributed by atoms with E-state index < -0.39 is 0 Å². The Morgan fingerprint density at radius 3 is 2.75 bits per heavy atom. The Morgan fingerprint density at radius 1 is 1.25 bits per heavy atom. The molecular formula is C21H34IN3O3. The number of benzene rings is 1. The largest absolute Gasteiger partial charge is 0.494 e. The van der Waals surface area contributed by atoms with E-state index in [0.717, 1.165) is 57.0 Å². The molecule has 0 bridgehead atoms. The van der Waals surface area contributed by atoms with E-state index in [1.807, 2.05) is 37.3 Å². The maximum absolute atomic E-state index is 12.1. The van der Waals surface area contributed by atoms with Crippen molar-refractivity contribution in [2.75, 3.05) is 39.4 Å². The number of likely N-dealkylation sites (tertiary alicyclic amines) is 1. The summed E-state index contributed by atoms with van der Waals surface area (Å²) >= 11 is 0. The number of rotatable bonds is 9. The first-order chi connectivity index (χ1) is 13.2. The van der Waals surface area contributed by atoms with Crippen LogP contribution in [0.1, 0.15) is 39.5 Å². The fraction of sp³-hybridized carbons (Fsp3) is 0.619. The van der Waals surface area contributed by atoms with E-state index in [9.17, 15) is 4.79 Å². The highest BCUT2D eigenvalue weighted by molar-refractivity contribution is 14.0. The van der Waals surface area contributed by atoms with E-state index >= 15 is 0 Å². The van der Waals surface area contributed by atoms with Gasteiger partial charge in [-0.15, -0.1) is 24.0 Å². The van der Waals surface area contributed by atoms with Crippen molar-refractivity contribution in [2.24, 2.45) is 10.9 Å². The van der Waals surface area contributed by atoms with Gasteiger partial charge in [-0.1, -0.05) is 18.2 Å². The van der Waals surface area contributed by atoms with Crippen molar-refractivity contribution < 1.29 is 14.3 Å². The minimum absolute atomic E-state index is 0. The van der Waals surface area contributed by atoms with E-state index in [4.69, 9.17) is 14.5 Å². The van der Waals surface area contributed by atoms with Gasteiger partial charge < -0.3 is 19.7 Å². The van der Waals surface area contributed by atoms with Crippen LogP contribution in [0.3, 0.4) is 0 Å². The Hall–Kier alpha value is -1.51. The average molecular weight is 503 g/mol. The molecule has 0 amide bonds. The highest BCUT2D eigenvalue weighted by Crippen LogP contribution is 2.18. The molecular weight excluding hydrogens is 469 g/mol. The number of guanidine groups is 1. The molecule has 0 aliphatic carbocycles. The zero-order valence-corrected chi connectivity index (χ0v) is 19.4.